The van der Waals surface area contributed by atoms with Crippen molar-refractivity contribution in [2.24, 2.45) is 0 Å². The van der Waals surface area contributed by atoms with Gasteiger partial charge < -0.3 is 4.90 Å². The van der Waals surface area contributed by atoms with E-state index in [4.69, 9.17) is 0 Å². The molecule has 1 rings (SSSR count). The molecule has 0 unspecified atom stereocenters. The van der Waals surface area contributed by atoms with Crippen LogP contribution in [-0.2, 0) is 0 Å². The number of hydrogen-bond acceptors (Lipinski definition) is 1. The Kier molecular flexibility index (Phi) is 5.45. The summed E-state index contributed by atoms with van der Waals surface area (Å²) in [7, 11) is 1.92. The lowest BCUT2D eigenvalue weighted by molar-refractivity contribution is -0.119. The van der Waals surface area contributed by atoms with Crippen LogP contribution in [0.3, 0.4) is 0 Å². The zero-order valence-corrected chi connectivity index (χ0v) is 9.11. The molecule has 3 heteroatoms. The molecule has 0 aromatic rings. The van der Waals surface area contributed by atoms with Crippen molar-refractivity contribution in [3.63, 3.8) is 0 Å². The molecule has 0 atom stereocenters. The molecule has 0 bridgehead atoms. The highest BCUT2D eigenvalue weighted by atomic mass is 19.3. The summed E-state index contributed by atoms with van der Waals surface area (Å²) in [5.74, 6) is -2.37. The van der Waals surface area contributed by atoms with Crippen molar-refractivity contribution >= 4 is 0 Å². The number of hydrogen-bond donors (Lipinski definition) is 0. The third-order valence-electron chi connectivity index (χ3n) is 2.27. The van der Waals surface area contributed by atoms with Gasteiger partial charge in [0.1, 0.15) is 0 Å². The minimum absolute atomic E-state index is 0.0590. The molecule has 0 amide bonds. The largest absolute Gasteiger partial charge is 0.303 e. The molecule has 1 nitrogen and oxygen atoms in total. The molecule has 13 heavy (non-hydrogen) atoms. The van der Waals surface area contributed by atoms with Crippen LogP contribution in [0.25, 0.3) is 0 Å². The highest BCUT2D eigenvalue weighted by molar-refractivity contribution is 4.91. The van der Waals surface area contributed by atoms with Gasteiger partial charge >= 0.3 is 0 Å². The van der Waals surface area contributed by atoms with Gasteiger partial charge in [-0.2, -0.15) is 0 Å². The van der Waals surface area contributed by atoms with Gasteiger partial charge in [0, 0.05) is 18.9 Å². The first-order valence-corrected chi connectivity index (χ1v) is 5.13. The van der Waals surface area contributed by atoms with Gasteiger partial charge in [-0.15, -0.1) is 0 Å². The van der Waals surface area contributed by atoms with E-state index in [-0.39, 0.29) is 18.9 Å². The highest BCUT2D eigenvalue weighted by Crippen LogP contribution is 2.39. The Labute approximate surface area is 80.1 Å². The second-order valence-corrected chi connectivity index (χ2v) is 3.40. The van der Waals surface area contributed by atoms with Crippen LogP contribution in [0.4, 0.5) is 8.78 Å². The predicted octanol–water partition coefficient (Wildman–Crippen LogP) is 3.15. The maximum atomic E-state index is 12.4. The van der Waals surface area contributed by atoms with Gasteiger partial charge in [-0.25, -0.2) is 8.78 Å². The van der Waals surface area contributed by atoms with E-state index in [9.17, 15) is 8.78 Å². The lowest BCUT2D eigenvalue weighted by Crippen LogP contribution is -2.49. The molecule has 0 aromatic carbocycles. The summed E-state index contributed by atoms with van der Waals surface area (Å²) in [4.78, 5) is 2.03. The standard InChI is InChI=1S/C8H15F2N.C2H6/c1-3-4-11(2)7-5-8(9,10)6-7;1-2/h7H,3-6H2,1-2H3;1-2H3. The van der Waals surface area contributed by atoms with Crippen molar-refractivity contribution in [1.29, 1.82) is 0 Å². The van der Waals surface area contributed by atoms with Crippen molar-refractivity contribution < 1.29 is 8.78 Å². The number of halogens is 2. The zero-order valence-electron chi connectivity index (χ0n) is 9.11. The molecule has 1 saturated carbocycles. The Hall–Kier alpha value is -0.180. The zero-order chi connectivity index (χ0) is 10.5. The molecular weight excluding hydrogens is 172 g/mol. The van der Waals surface area contributed by atoms with Crippen LogP contribution >= 0.6 is 0 Å². The second kappa shape index (κ2) is 5.53. The van der Waals surface area contributed by atoms with Crippen molar-refractivity contribution in [3.8, 4) is 0 Å². The molecule has 0 aliphatic heterocycles. The molecule has 0 radical (unpaired) electrons. The van der Waals surface area contributed by atoms with E-state index >= 15 is 0 Å². The van der Waals surface area contributed by atoms with Crippen LogP contribution in [0.2, 0.25) is 0 Å². The van der Waals surface area contributed by atoms with E-state index in [2.05, 4.69) is 6.92 Å². The van der Waals surface area contributed by atoms with E-state index in [1.165, 1.54) is 0 Å². The van der Waals surface area contributed by atoms with E-state index in [1.807, 2.05) is 25.8 Å². The second-order valence-electron chi connectivity index (χ2n) is 3.40. The maximum absolute atomic E-state index is 12.4. The fourth-order valence-electron chi connectivity index (χ4n) is 1.48. The first kappa shape index (κ1) is 12.8. The van der Waals surface area contributed by atoms with Gasteiger partial charge in [0.05, 0.1) is 0 Å². The molecule has 0 aromatic heterocycles. The fourth-order valence-corrected chi connectivity index (χ4v) is 1.48. The first-order valence-electron chi connectivity index (χ1n) is 5.13. The quantitative estimate of drug-likeness (QED) is 0.665. The highest BCUT2D eigenvalue weighted by Gasteiger charge is 2.46. The average Bonchev–Trinajstić information content (AvgIpc) is 2.04. The fraction of sp³-hybridized carbons (Fsp3) is 1.00. The summed E-state index contributed by atoms with van der Waals surface area (Å²) >= 11 is 0. The predicted molar refractivity (Wildman–Crippen MR) is 52.2 cm³/mol. The summed E-state index contributed by atoms with van der Waals surface area (Å²) in [6.07, 6.45) is 1.16. The summed E-state index contributed by atoms with van der Waals surface area (Å²) < 4.78 is 24.7. The van der Waals surface area contributed by atoms with E-state index < -0.39 is 5.92 Å². The SMILES string of the molecule is CC.CCCN(C)C1CC(F)(F)C1. The topological polar surface area (TPSA) is 3.24 Å². The lowest BCUT2D eigenvalue weighted by atomic mass is 9.87. The van der Waals surface area contributed by atoms with E-state index in [0.29, 0.717) is 0 Å². The van der Waals surface area contributed by atoms with Crippen molar-refractivity contribution in [1.82, 2.24) is 4.90 Å². The molecule has 0 spiro atoms. The summed E-state index contributed by atoms with van der Waals surface area (Å²) in [6.45, 7) is 6.99. The van der Waals surface area contributed by atoms with Crippen LogP contribution in [0.15, 0.2) is 0 Å². The number of rotatable bonds is 3. The Morgan fingerprint density at radius 3 is 2.08 bits per heavy atom. The van der Waals surface area contributed by atoms with Gasteiger partial charge in [0.15, 0.2) is 0 Å². The Morgan fingerprint density at radius 1 is 1.31 bits per heavy atom. The maximum Gasteiger partial charge on any atom is 0.251 e. The van der Waals surface area contributed by atoms with Gasteiger partial charge in [-0.05, 0) is 20.0 Å². The van der Waals surface area contributed by atoms with E-state index in [1.54, 1.807) is 0 Å². The molecule has 1 aliphatic carbocycles. The van der Waals surface area contributed by atoms with Crippen LogP contribution < -0.4 is 0 Å². The molecular formula is C10H21F2N. The monoisotopic (exact) mass is 193 g/mol. The van der Waals surface area contributed by atoms with E-state index in [0.717, 1.165) is 13.0 Å². The smallest absolute Gasteiger partial charge is 0.251 e. The third kappa shape index (κ3) is 4.03. The third-order valence-corrected chi connectivity index (χ3v) is 2.27. The Morgan fingerprint density at radius 2 is 1.77 bits per heavy atom. The minimum atomic E-state index is -2.37. The minimum Gasteiger partial charge on any atom is -0.303 e. The summed E-state index contributed by atoms with van der Waals surface area (Å²) in [6, 6.07) is 0.130. The van der Waals surface area contributed by atoms with Crippen LogP contribution in [0, 0.1) is 0 Å². The van der Waals surface area contributed by atoms with Gasteiger partial charge in [0.25, 0.3) is 5.92 Å². The van der Waals surface area contributed by atoms with Crippen molar-refractivity contribution in [3.05, 3.63) is 0 Å². The lowest BCUT2D eigenvalue weighted by Gasteiger charge is -2.40. The normalized spacial score (nSPS) is 20.5. The first-order chi connectivity index (χ1) is 6.05. The van der Waals surface area contributed by atoms with Crippen LogP contribution in [0.5, 0.6) is 0 Å². The number of alkyl halides is 2. The van der Waals surface area contributed by atoms with Gasteiger partial charge in [0.2, 0.25) is 0 Å². The van der Waals surface area contributed by atoms with Crippen LogP contribution in [-0.4, -0.2) is 30.5 Å². The molecule has 0 heterocycles. The average molecular weight is 193 g/mol. The van der Waals surface area contributed by atoms with Gasteiger partial charge in [-0.1, -0.05) is 20.8 Å². The van der Waals surface area contributed by atoms with Crippen LogP contribution in [0.1, 0.15) is 40.0 Å². The summed E-state index contributed by atoms with van der Waals surface area (Å²) in [5.41, 5.74) is 0. The molecule has 0 saturated heterocycles. The molecule has 80 valence electrons. The van der Waals surface area contributed by atoms with Crippen molar-refractivity contribution in [2.45, 2.75) is 52.0 Å². The van der Waals surface area contributed by atoms with Gasteiger partial charge in [-0.3, -0.25) is 0 Å². The molecule has 1 aliphatic rings. The summed E-state index contributed by atoms with van der Waals surface area (Å²) in [5, 5.41) is 0. The Bertz CT molecular complexity index is 129. The van der Waals surface area contributed by atoms with Crippen molar-refractivity contribution in [2.75, 3.05) is 13.6 Å². The Balaban J connectivity index is 0.000000671. The molecule has 0 N–H and O–H groups in total. The molecule has 1 fully saturated rings. The number of nitrogens with zero attached hydrogens (tertiary/aromatic N) is 1.